The van der Waals surface area contributed by atoms with Crippen molar-refractivity contribution < 1.29 is 4.79 Å². The Morgan fingerprint density at radius 2 is 2.24 bits per heavy atom. The summed E-state index contributed by atoms with van der Waals surface area (Å²) in [5.74, 6) is -0.0669. The van der Waals surface area contributed by atoms with Crippen LogP contribution >= 0.6 is 11.6 Å². The number of nitriles is 1. The summed E-state index contributed by atoms with van der Waals surface area (Å²) in [5.41, 5.74) is 1.51. The molecule has 0 fully saturated rings. The quantitative estimate of drug-likeness (QED) is 0.825. The number of amides is 1. The van der Waals surface area contributed by atoms with Crippen LogP contribution in [0.4, 0.5) is 0 Å². The van der Waals surface area contributed by atoms with E-state index in [9.17, 15) is 4.79 Å². The Bertz CT molecular complexity index is 451. The lowest BCUT2D eigenvalue weighted by atomic mass is 10.1. The minimum Gasteiger partial charge on any atom is -0.338 e. The number of carbonyl (C=O) groups is 1. The van der Waals surface area contributed by atoms with Crippen LogP contribution in [0.3, 0.4) is 0 Å². The van der Waals surface area contributed by atoms with Crippen LogP contribution in [0.25, 0.3) is 0 Å². The third-order valence-electron chi connectivity index (χ3n) is 2.59. The predicted octanol–water partition coefficient (Wildman–Crippen LogP) is 3.02. The van der Waals surface area contributed by atoms with Gasteiger partial charge in [0.05, 0.1) is 12.5 Å². The Labute approximate surface area is 107 Å². The van der Waals surface area contributed by atoms with Crippen molar-refractivity contribution in [2.75, 3.05) is 13.1 Å². The molecule has 0 heterocycles. The first-order valence-corrected chi connectivity index (χ1v) is 5.90. The van der Waals surface area contributed by atoms with Gasteiger partial charge in [0.25, 0.3) is 5.91 Å². The van der Waals surface area contributed by atoms with E-state index in [1.165, 1.54) is 0 Å². The Hall–Kier alpha value is -1.53. The second kappa shape index (κ2) is 6.27. The lowest BCUT2D eigenvalue weighted by Gasteiger charge is -2.20. The van der Waals surface area contributed by atoms with Gasteiger partial charge in [-0.1, -0.05) is 17.7 Å². The third kappa shape index (κ3) is 3.47. The van der Waals surface area contributed by atoms with Gasteiger partial charge in [-0.15, -0.1) is 0 Å². The molecule has 0 spiro atoms. The first-order valence-electron chi connectivity index (χ1n) is 5.52. The van der Waals surface area contributed by atoms with Crippen molar-refractivity contribution in [2.24, 2.45) is 0 Å². The minimum atomic E-state index is -0.0669. The maximum atomic E-state index is 12.2. The number of nitrogens with zero attached hydrogens (tertiary/aromatic N) is 2. The monoisotopic (exact) mass is 250 g/mol. The van der Waals surface area contributed by atoms with Crippen molar-refractivity contribution in [3.63, 3.8) is 0 Å². The number of hydrogen-bond donors (Lipinski definition) is 0. The van der Waals surface area contributed by atoms with Crippen LogP contribution in [0.5, 0.6) is 0 Å². The van der Waals surface area contributed by atoms with Crippen molar-refractivity contribution in [3.8, 4) is 6.07 Å². The number of benzene rings is 1. The van der Waals surface area contributed by atoms with E-state index in [0.717, 1.165) is 5.56 Å². The second-order valence-corrected chi connectivity index (χ2v) is 4.19. The Morgan fingerprint density at radius 3 is 2.82 bits per heavy atom. The van der Waals surface area contributed by atoms with Crippen molar-refractivity contribution in [3.05, 3.63) is 34.3 Å². The highest BCUT2D eigenvalue weighted by atomic mass is 35.5. The number of hydrogen-bond acceptors (Lipinski definition) is 2. The zero-order valence-corrected chi connectivity index (χ0v) is 10.8. The van der Waals surface area contributed by atoms with Crippen molar-refractivity contribution >= 4 is 17.5 Å². The maximum absolute atomic E-state index is 12.2. The highest BCUT2D eigenvalue weighted by Crippen LogP contribution is 2.17. The first kappa shape index (κ1) is 13.5. The van der Waals surface area contributed by atoms with Gasteiger partial charge in [-0.05, 0) is 31.5 Å². The van der Waals surface area contributed by atoms with Crippen molar-refractivity contribution in [2.45, 2.75) is 20.3 Å². The van der Waals surface area contributed by atoms with Crippen LogP contribution in [0.1, 0.15) is 29.3 Å². The Morgan fingerprint density at radius 1 is 1.53 bits per heavy atom. The summed E-state index contributed by atoms with van der Waals surface area (Å²) in [4.78, 5) is 13.9. The summed E-state index contributed by atoms with van der Waals surface area (Å²) in [7, 11) is 0. The van der Waals surface area contributed by atoms with E-state index in [1.807, 2.05) is 26.0 Å². The van der Waals surface area contributed by atoms with E-state index in [2.05, 4.69) is 0 Å². The molecule has 4 heteroatoms. The molecule has 1 aromatic rings. The zero-order valence-electron chi connectivity index (χ0n) is 10.0. The third-order valence-corrected chi connectivity index (χ3v) is 2.83. The molecule has 0 unspecified atom stereocenters. The molecule has 0 aromatic heterocycles. The zero-order chi connectivity index (χ0) is 12.8. The fourth-order valence-electron chi connectivity index (χ4n) is 1.58. The van der Waals surface area contributed by atoms with Gasteiger partial charge >= 0.3 is 0 Å². The highest BCUT2D eigenvalue weighted by Gasteiger charge is 2.16. The Balaban J connectivity index is 2.94. The van der Waals surface area contributed by atoms with Crippen molar-refractivity contribution in [1.29, 1.82) is 5.26 Å². The summed E-state index contributed by atoms with van der Waals surface area (Å²) in [6.45, 7) is 4.82. The molecule has 1 amide bonds. The lowest BCUT2D eigenvalue weighted by molar-refractivity contribution is 0.0767. The van der Waals surface area contributed by atoms with Crippen LogP contribution in [-0.4, -0.2) is 23.9 Å². The average molecular weight is 251 g/mol. The summed E-state index contributed by atoms with van der Waals surface area (Å²) in [6.07, 6.45) is 0.346. The summed E-state index contributed by atoms with van der Waals surface area (Å²) in [5, 5.41) is 9.10. The fourth-order valence-corrected chi connectivity index (χ4v) is 1.76. The van der Waals surface area contributed by atoms with Gasteiger partial charge in [0.15, 0.2) is 0 Å². The van der Waals surface area contributed by atoms with Crippen molar-refractivity contribution in [1.82, 2.24) is 4.90 Å². The summed E-state index contributed by atoms with van der Waals surface area (Å²) < 4.78 is 0. The van der Waals surface area contributed by atoms with E-state index < -0.39 is 0 Å². The maximum Gasteiger partial charge on any atom is 0.254 e. The smallest absolute Gasteiger partial charge is 0.254 e. The summed E-state index contributed by atoms with van der Waals surface area (Å²) in [6, 6.07) is 7.31. The van der Waals surface area contributed by atoms with E-state index in [-0.39, 0.29) is 5.91 Å². The molecule has 1 aromatic carbocycles. The van der Waals surface area contributed by atoms with Gasteiger partial charge in [-0.2, -0.15) is 5.26 Å². The first-order chi connectivity index (χ1) is 8.10. The molecule has 0 radical (unpaired) electrons. The molecule has 0 N–H and O–H groups in total. The molecule has 1 rings (SSSR count). The van der Waals surface area contributed by atoms with Gasteiger partial charge in [-0.25, -0.2) is 0 Å². The number of halogens is 1. The highest BCUT2D eigenvalue weighted by molar-refractivity contribution is 6.31. The number of carbonyl (C=O) groups excluding carboxylic acids is 1. The van der Waals surface area contributed by atoms with Crippen LogP contribution in [-0.2, 0) is 0 Å². The SMILES string of the molecule is CCN(CCC#N)C(=O)c1cc(Cl)ccc1C. The molecule has 0 bridgehead atoms. The average Bonchev–Trinajstić information content (AvgIpc) is 2.33. The minimum absolute atomic E-state index is 0.0669. The van der Waals surface area contributed by atoms with Gasteiger partial charge in [0.1, 0.15) is 0 Å². The molecule has 0 aliphatic carbocycles. The van der Waals surface area contributed by atoms with Gasteiger partial charge < -0.3 is 4.90 Å². The van der Waals surface area contributed by atoms with Gasteiger partial charge in [0.2, 0.25) is 0 Å². The molecule has 0 aliphatic heterocycles. The van der Waals surface area contributed by atoms with Gasteiger partial charge in [-0.3, -0.25) is 4.79 Å². The molecule has 3 nitrogen and oxygen atoms in total. The molecule has 0 aliphatic rings. The largest absolute Gasteiger partial charge is 0.338 e. The van der Waals surface area contributed by atoms with E-state index in [1.54, 1.807) is 17.0 Å². The van der Waals surface area contributed by atoms with Crippen LogP contribution in [0.15, 0.2) is 18.2 Å². The van der Waals surface area contributed by atoms with E-state index in [4.69, 9.17) is 16.9 Å². The van der Waals surface area contributed by atoms with Crippen LogP contribution in [0.2, 0.25) is 5.02 Å². The molecule has 17 heavy (non-hydrogen) atoms. The van der Waals surface area contributed by atoms with Crippen LogP contribution < -0.4 is 0 Å². The van der Waals surface area contributed by atoms with E-state index >= 15 is 0 Å². The molecule has 0 saturated heterocycles. The summed E-state index contributed by atoms with van der Waals surface area (Å²) >= 11 is 5.89. The van der Waals surface area contributed by atoms with E-state index in [0.29, 0.717) is 30.1 Å². The van der Waals surface area contributed by atoms with Gasteiger partial charge in [0, 0.05) is 23.7 Å². The molecule has 90 valence electrons. The predicted molar refractivity (Wildman–Crippen MR) is 68.0 cm³/mol. The molecule has 0 atom stereocenters. The topological polar surface area (TPSA) is 44.1 Å². The normalized spacial score (nSPS) is 9.76. The molecular weight excluding hydrogens is 236 g/mol. The fraction of sp³-hybridized carbons (Fsp3) is 0.385. The lowest BCUT2D eigenvalue weighted by Crippen LogP contribution is -2.32. The number of rotatable bonds is 4. The molecule has 0 saturated carbocycles. The second-order valence-electron chi connectivity index (χ2n) is 3.75. The molecular formula is C13H15ClN2O. The Kier molecular flexibility index (Phi) is 4.99. The standard InChI is InChI=1S/C13H15ClN2O/c1-3-16(8-4-7-15)13(17)12-9-11(14)6-5-10(12)2/h5-6,9H,3-4,8H2,1-2H3. The number of aryl methyl sites for hydroxylation is 1. The van der Waals surface area contributed by atoms with Crippen LogP contribution in [0, 0.1) is 18.3 Å².